The van der Waals surface area contributed by atoms with Crippen LogP contribution in [0.15, 0.2) is 41.3 Å². The van der Waals surface area contributed by atoms with Crippen molar-refractivity contribution in [1.29, 1.82) is 0 Å². The van der Waals surface area contributed by atoms with Crippen LogP contribution in [0.2, 0.25) is 0 Å². The molecule has 0 bridgehead atoms. The van der Waals surface area contributed by atoms with Crippen molar-refractivity contribution < 1.29 is 17.9 Å². The third-order valence-corrected chi connectivity index (χ3v) is 5.06. The molecule has 6 nitrogen and oxygen atoms in total. The van der Waals surface area contributed by atoms with Gasteiger partial charge in [0.25, 0.3) is 9.05 Å². The Bertz CT molecular complexity index is 848. The number of amides is 2. The Morgan fingerprint density at radius 2 is 1.74 bits per heavy atom. The smallest absolute Gasteiger partial charge is 0.322 e. The van der Waals surface area contributed by atoms with Crippen molar-refractivity contribution in [1.82, 2.24) is 4.90 Å². The van der Waals surface area contributed by atoms with Crippen LogP contribution in [0.25, 0.3) is 10.8 Å². The molecule has 0 radical (unpaired) electrons. The largest absolute Gasteiger partial charge is 0.378 e. The van der Waals surface area contributed by atoms with Crippen LogP contribution in [0.5, 0.6) is 0 Å². The number of carbonyl (C=O) groups excluding carboxylic acids is 1. The maximum atomic E-state index is 12.3. The molecule has 2 aromatic carbocycles. The summed E-state index contributed by atoms with van der Waals surface area (Å²) in [7, 11) is 1.62. The fourth-order valence-corrected chi connectivity index (χ4v) is 3.65. The normalized spacial score (nSPS) is 15.6. The number of ether oxygens (including phenoxy) is 1. The van der Waals surface area contributed by atoms with Crippen LogP contribution in [0.1, 0.15) is 0 Å². The van der Waals surface area contributed by atoms with E-state index in [2.05, 4.69) is 5.32 Å². The van der Waals surface area contributed by atoms with E-state index in [4.69, 9.17) is 15.4 Å². The molecule has 1 aliphatic heterocycles. The van der Waals surface area contributed by atoms with Crippen molar-refractivity contribution in [2.75, 3.05) is 31.6 Å². The van der Waals surface area contributed by atoms with Gasteiger partial charge in [0.2, 0.25) is 0 Å². The van der Waals surface area contributed by atoms with Crippen LogP contribution in [-0.2, 0) is 13.8 Å². The van der Waals surface area contributed by atoms with Crippen molar-refractivity contribution in [3.05, 3.63) is 36.4 Å². The Balaban J connectivity index is 1.97. The second-order valence-corrected chi connectivity index (χ2v) is 7.66. The van der Waals surface area contributed by atoms with Gasteiger partial charge in [-0.2, -0.15) is 0 Å². The molecule has 1 N–H and O–H groups in total. The molecule has 1 saturated heterocycles. The van der Waals surface area contributed by atoms with Crippen molar-refractivity contribution in [3.63, 3.8) is 0 Å². The molecule has 0 aliphatic carbocycles. The molecule has 3 rings (SSSR count). The lowest BCUT2D eigenvalue weighted by molar-refractivity contribution is 0.0565. The summed E-state index contributed by atoms with van der Waals surface area (Å²) < 4.78 is 28.6. The molecule has 2 aromatic rings. The summed E-state index contributed by atoms with van der Waals surface area (Å²) in [6.07, 6.45) is 0. The summed E-state index contributed by atoms with van der Waals surface area (Å²) in [6.45, 7) is 2.07. The predicted molar refractivity (Wildman–Crippen MR) is 88.4 cm³/mol. The number of nitrogens with zero attached hydrogens (tertiary/aromatic N) is 1. The van der Waals surface area contributed by atoms with E-state index in [1.165, 1.54) is 6.07 Å². The SMILES string of the molecule is O=C(Nc1cccc2c(S(=O)(=O)Cl)cccc12)N1CCOCC1. The third kappa shape index (κ3) is 3.41. The first-order chi connectivity index (χ1) is 11.0. The maximum Gasteiger partial charge on any atom is 0.322 e. The molecule has 8 heteroatoms. The summed E-state index contributed by atoms with van der Waals surface area (Å²) in [5.74, 6) is 0. The first-order valence-electron chi connectivity index (χ1n) is 7.07. The van der Waals surface area contributed by atoms with Crippen molar-refractivity contribution in [2.24, 2.45) is 0 Å². The monoisotopic (exact) mass is 354 g/mol. The summed E-state index contributed by atoms with van der Waals surface area (Å²) >= 11 is 0. The van der Waals surface area contributed by atoms with Gasteiger partial charge in [0.05, 0.1) is 23.8 Å². The lowest BCUT2D eigenvalue weighted by Gasteiger charge is -2.27. The first kappa shape index (κ1) is 16.0. The van der Waals surface area contributed by atoms with Crippen LogP contribution in [0.4, 0.5) is 10.5 Å². The van der Waals surface area contributed by atoms with Gasteiger partial charge in [0.15, 0.2) is 0 Å². The lowest BCUT2D eigenvalue weighted by atomic mass is 10.1. The summed E-state index contributed by atoms with van der Waals surface area (Å²) in [4.78, 5) is 14.0. The molecular formula is C15H15ClN2O4S. The second kappa shape index (κ2) is 6.35. The number of hydrogen-bond acceptors (Lipinski definition) is 4. The predicted octanol–water partition coefficient (Wildman–Crippen LogP) is 2.63. The molecule has 2 amide bonds. The topological polar surface area (TPSA) is 75.7 Å². The average molecular weight is 355 g/mol. The molecule has 0 saturated carbocycles. The zero-order valence-corrected chi connectivity index (χ0v) is 13.7. The zero-order chi connectivity index (χ0) is 16.4. The van der Waals surface area contributed by atoms with E-state index in [0.29, 0.717) is 42.8 Å². The number of nitrogens with one attached hydrogen (secondary N) is 1. The molecule has 1 aliphatic rings. The van der Waals surface area contributed by atoms with Gasteiger partial charge in [-0.1, -0.05) is 24.3 Å². The molecule has 1 heterocycles. The van der Waals surface area contributed by atoms with E-state index in [1.807, 2.05) is 0 Å². The fourth-order valence-electron chi connectivity index (χ4n) is 2.56. The van der Waals surface area contributed by atoms with Gasteiger partial charge in [0.1, 0.15) is 0 Å². The minimum absolute atomic E-state index is 0.0270. The summed E-state index contributed by atoms with van der Waals surface area (Å²) in [6, 6.07) is 9.62. The molecule has 0 unspecified atom stereocenters. The maximum absolute atomic E-state index is 12.3. The van der Waals surface area contributed by atoms with E-state index >= 15 is 0 Å². The number of morpholine rings is 1. The third-order valence-electron chi connectivity index (χ3n) is 3.68. The summed E-state index contributed by atoms with van der Waals surface area (Å²) in [5.41, 5.74) is 0.543. The number of rotatable bonds is 2. The van der Waals surface area contributed by atoms with E-state index in [0.717, 1.165) is 0 Å². The van der Waals surface area contributed by atoms with E-state index in [9.17, 15) is 13.2 Å². The second-order valence-electron chi connectivity index (χ2n) is 5.12. The molecule has 122 valence electrons. The Labute approximate surface area is 138 Å². The highest BCUT2D eigenvalue weighted by Gasteiger charge is 2.19. The number of fused-ring (bicyclic) bond motifs is 1. The molecule has 1 fully saturated rings. The number of carbonyl (C=O) groups is 1. The first-order valence-corrected chi connectivity index (χ1v) is 9.38. The van der Waals surface area contributed by atoms with Crippen molar-refractivity contribution >= 4 is 42.2 Å². The van der Waals surface area contributed by atoms with Crippen molar-refractivity contribution in [3.8, 4) is 0 Å². The van der Waals surface area contributed by atoms with E-state index < -0.39 is 9.05 Å². The minimum atomic E-state index is -3.86. The number of anilines is 1. The van der Waals surface area contributed by atoms with Gasteiger partial charge in [-0.05, 0) is 12.1 Å². The van der Waals surface area contributed by atoms with Gasteiger partial charge in [-0.15, -0.1) is 0 Å². The minimum Gasteiger partial charge on any atom is -0.378 e. The Morgan fingerprint density at radius 3 is 2.43 bits per heavy atom. The fraction of sp³-hybridized carbons (Fsp3) is 0.267. The van der Waals surface area contributed by atoms with E-state index in [1.54, 1.807) is 35.2 Å². The van der Waals surface area contributed by atoms with Crippen LogP contribution in [0.3, 0.4) is 0 Å². The Morgan fingerprint density at radius 1 is 1.09 bits per heavy atom. The van der Waals surface area contributed by atoms with Crippen LogP contribution >= 0.6 is 10.7 Å². The number of urea groups is 1. The van der Waals surface area contributed by atoms with Gasteiger partial charge in [0, 0.05) is 34.5 Å². The van der Waals surface area contributed by atoms with Gasteiger partial charge in [-0.3, -0.25) is 0 Å². The van der Waals surface area contributed by atoms with Crippen LogP contribution in [-0.4, -0.2) is 45.7 Å². The Hall–Kier alpha value is -1.83. The average Bonchev–Trinajstić information content (AvgIpc) is 2.54. The van der Waals surface area contributed by atoms with E-state index in [-0.39, 0.29) is 10.9 Å². The zero-order valence-electron chi connectivity index (χ0n) is 12.2. The van der Waals surface area contributed by atoms with Crippen LogP contribution < -0.4 is 5.32 Å². The molecular weight excluding hydrogens is 340 g/mol. The molecule has 23 heavy (non-hydrogen) atoms. The molecule has 0 spiro atoms. The molecule has 0 aromatic heterocycles. The number of halogens is 1. The van der Waals surface area contributed by atoms with Crippen molar-refractivity contribution in [2.45, 2.75) is 4.90 Å². The standard InChI is InChI=1S/C15H15ClN2O4S/c16-23(20,21)14-6-2-3-11-12(14)4-1-5-13(11)17-15(19)18-7-9-22-10-8-18/h1-6H,7-10H2,(H,17,19). The van der Waals surface area contributed by atoms with Crippen LogP contribution in [0, 0.1) is 0 Å². The highest BCUT2D eigenvalue weighted by molar-refractivity contribution is 8.14. The number of hydrogen-bond donors (Lipinski definition) is 1. The van der Waals surface area contributed by atoms with Gasteiger partial charge in [-0.25, -0.2) is 13.2 Å². The Kier molecular flexibility index (Phi) is 4.43. The summed E-state index contributed by atoms with van der Waals surface area (Å²) in [5, 5.41) is 3.92. The lowest BCUT2D eigenvalue weighted by Crippen LogP contribution is -2.43. The quantitative estimate of drug-likeness (QED) is 0.841. The van der Waals surface area contributed by atoms with Gasteiger partial charge >= 0.3 is 6.03 Å². The number of benzene rings is 2. The van der Waals surface area contributed by atoms with Gasteiger partial charge < -0.3 is 15.0 Å². The highest BCUT2D eigenvalue weighted by atomic mass is 35.7. The molecule has 0 atom stereocenters. The highest BCUT2D eigenvalue weighted by Crippen LogP contribution is 2.30.